The first-order valence-electron chi connectivity index (χ1n) is 11.7. The third kappa shape index (κ3) is 4.94. The van der Waals surface area contributed by atoms with Crippen LogP contribution in [-0.2, 0) is 20.9 Å². The van der Waals surface area contributed by atoms with Gasteiger partial charge >= 0.3 is 0 Å². The van der Waals surface area contributed by atoms with Crippen LogP contribution >= 0.6 is 0 Å². The van der Waals surface area contributed by atoms with Crippen molar-refractivity contribution in [3.8, 4) is 0 Å². The van der Waals surface area contributed by atoms with E-state index in [2.05, 4.69) is 10.3 Å². The minimum absolute atomic E-state index is 0.0835. The Bertz CT molecular complexity index is 1260. The average Bonchev–Trinajstić information content (AvgIpc) is 2.83. The summed E-state index contributed by atoms with van der Waals surface area (Å²) >= 11 is 0. The highest BCUT2D eigenvalue weighted by atomic mass is 16.2. The van der Waals surface area contributed by atoms with Crippen LogP contribution in [0.4, 0.5) is 5.69 Å². The van der Waals surface area contributed by atoms with Crippen LogP contribution in [0, 0.1) is 20.8 Å². The summed E-state index contributed by atoms with van der Waals surface area (Å²) < 4.78 is 0. The zero-order valence-corrected chi connectivity index (χ0v) is 20.5. The number of hydrogen-bond acceptors (Lipinski definition) is 4. The summed E-state index contributed by atoms with van der Waals surface area (Å²) in [7, 11) is 0. The maximum Gasteiger partial charge on any atom is 0.254 e. The predicted octanol–water partition coefficient (Wildman–Crippen LogP) is 3.73. The number of amidine groups is 1. The Hall–Kier alpha value is -4.00. The summed E-state index contributed by atoms with van der Waals surface area (Å²) in [5.74, 6) is -0.563. The van der Waals surface area contributed by atoms with Gasteiger partial charge in [-0.3, -0.25) is 14.4 Å². The Morgan fingerprint density at radius 2 is 1.83 bits per heavy atom. The molecule has 0 saturated carbocycles. The lowest BCUT2D eigenvalue weighted by atomic mass is 9.90. The fourth-order valence-corrected chi connectivity index (χ4v) is 4.36. The van der Waals surface area contributed by atoms with E-state index in [0.29, 0.717) is 18.1 Å². The highest BCUT2D eigenvalue weighted by molar-refractivity contribution is 6.13. The normalized spacial score (nSPS) is 18.7. The summed E-state index contributed by atoms with van der Waals surface area (Å²) in [6, 6.07) is 13.6. The third-order valence-electron chi connectivity index (χ3n) is 6.59. The number of benzene rings is 2. The first kappa shape index (κ1) is 24.1. The fourth-order valence-electron chi connectivity index (χ4n) is 4.36. The Morgan fingerprint density at radius 3 is 2.57 bits per heavy atom. The van der Waals surface area contributed by atoms with Crippen molar-refractivity contribution in [1.29, 1.82) is 0 Å². The van der Waals surface area contributed by atoms with Gasteiger partial charge in [0.15, 0.2) is 0 Å². The van der Waals surface area contributed by atoms with Crippen LogP contribution in [0.2, 0.25) is 0 Å². The van der Waals surface area contributed by atoms with Gasteiger partial charge in [0.1, 0.15) is 17.9 Å². The summed E-state index contributed by atoms with van der Waals surface area (Å²) in [4.78, 5) is 47.0. The van der Waals surface area contributed by atoms with E-state index in [-0.39, 0.29) is 30.7 Å². The number of nitrogens with one attached hydrogen (secondary N) is 1. The van der Waals surface area contributed by atoms with Gasteiger partial charge in [0, 0.05) is 18.4 Å². The van der Waals surface area contributed by atoms with E-state index in [1.54, 1.807) is 36.3 Å². The molecule has 0 aromatic heterocycles. The van der Waals surface area contributed by atoms with Gasteiger partial charge in [-0.1, -0.05) is 48.0 Å². The standard InChI is InChI=1S/C28H30N4O3/c1-19-11-13-22(14-12-19)17-29-26(34)18-31(23-9-7-8-20(2)21(23)3)27(35)28(4)16-25(33)30-24-10-5-6-15-32(24)28/h5-15H,16-18H2,1-4H3,(H,29,34)/t28-/m0/s1. The van der Waals surface area contributed by atoms with Gasteiger partial charge in [0.25, 0.3) is 11.8 Å². The van der Waals surface area contributed by atoms with Crippen molar-refractivity contribution < 1.29 is 14.4 Å². The quantitative estimate of drug-likeness (QED) is 0.698. The molecule has 0 radical (unpaired) electrons. The molecule has 2 aromatic carbocycles. The molecule has 7 nitrogen and oxygen atoms in total. The number of hydrogen-bond donors (Lipinski definition) is 1. The number of aryl methyl sites for hydroxylation is 2. The average molecular weight is 471 g/mol. The van der Waals surface area contributed by atoms with Crippen molar-refractivity contribution in [2.75, 3.05) is 11.4 Å². The fraction of sp³-hybridized carbons (Fsp3) is 0.286. The van der Waals surface area contributed by atoms with E-state index in [4.69, 9.17) is 0 Å². The molecule has 2 aliphatic heterocycles. The van der Waals surface area contributed by atoms with Crippen LogP contribution < -0.4 is 10.2 Å². The van der Waals surface area contributed by atoms with E-state index >= 15 is 0 Å². The number of amides is 3. The second kappa shape index (κ2) is 9.70. The number of aliphatic imine (C=N–C) groups is 1. The van der Waals surface area contributed by atoms with Gasteiger partial charge in [-0.05, 0) is 62.6 Å². The number of rotatable bonds is 6. The highest BCUT2D eigenvalue weighted by Crippen LogP contribution is 2.33. The maximum atomic E-state index is 14.2. The van der Waals surface area contributed by atoms with Crippen molar-refractivity contribution in [1.82, 2.24) is 10.2 Å². The van der Waals surface area contributed by atoms with Gasteiger partial charge in [-0.2, -0.15) is 4.99 Å². The number of nitrogens with zero attached hydrogens (tertiary/aromatic N) is 3. The van der Waals surface area contributed by atoms with Crippen LogP contribution in [-0.4, -0.2) is 40.5 Å². The van der Waals surface area contributed by atoms with Crippen LogP contribution in [0.15, 0.2) is 71.9 Å². The van der Waals surface area contributed by atoms with Crippen LogP contribution in [0.1, 0.15) is 35.6 Å². The van der Waals surface area contributed by atoms with Crippen molar-refractivity contribution >= 4 is 29.2 Å². The summed E-state index contributed by atoms with van der Waals surface area (Å²) in [6.07, 6.45) is 6.96. The third-order valence-corrected chi connectivity index (χ3v) is 6.59. The van der Waals surface area contributed by atoms with Crippen molar-refractivity contribution in [2.45, 2.75) is 46.2 Å². The minimum atomic E-state index is -1.22. The number of carbonyl (C=O) groups excluding carboxylic acids is 3. The summed E-state index contributed by atoms with van der Waals surface area (Å²) in [6.45, 7) is 7.83. The number of anilines is 1. The van der Waals surface area contributed by atoms with E-state index in [9.17, 15) is 14.4 Å². The molecule has 7 heteroatoms. The topological polar surface area (TPSA) is 82.1 Å². The zero-order chi connectivity index (χ0) is 25.2. The molecule has 1 N–H and O–H groups in total. The Morgan fingerprint density at radius 1 is 1.09 bits per heavy atom. The van der Waals surface area contributed by atoms with Crippen LogP contribution in [0.3, 0.4) is 0 Å². The molecule has 0 spiro atoms. The summed E-state index contributed by atoms with van der Waals surface area (Å²) in [5, 5.41) is 2.93. The molecule has 0 bridgehead atoms. The zero-order valence-electron chi connectivity index (χ0n) is 20.5. The maximum absolute atomic E-state index is 14.2. The Kier molecular flexibility index (Phi) is 6.69. The predicted molar refractivity (Wildman–Crippen MR) is 137 cm³/mol. The number of allylic oxidation sites excluding steroid dienone is 2. The first-order chi connectivity index (χ1) is 16.7. The molecule has 2 aliphatic rings. The summed E-state index contributed by atoms with van der Waals surface area (Å²) in [5.41, 5.74) is 3.46. The van der Waals surface area contributed by atoms with Crippen LogP contribution in [0.25, 0.3) is 0 Å². The lowest BCUT2D eigenvalue weighted by Gasteiger charge is -2.44. The molecule has 35 heavy (non-hydrogen) atoms. The molecule has 2 aromatic rings. The SMILES string of the molecule is Cc1ccc(CNC(=O)CN(C(=O)[C@]2(C)CC(=O)N=C3C=CC=CN32)c2cccc(C)c2C)cc1. The molecular weight excluding hydrogens is 440 g/mol. The Balaban J connectivity index is 1.64. The molecule has 0 unspecified atom stereocenters. The van der Waals surface area contributed by atoms with Crippen LogP contribution in [0.5, 0.6) is 0 Å². The van der Waals surface area contributed by atoms with Crippen molar-refractivity contribution in [3.05, 3.63) is 89.1 Å². The second-order valence-corrected chi connectivity index (χ2v) is 9.26. The van der Waals surface area contributed by atoms with Gasteiger partial charge in [0.05, 0.1) is 6.42 Å². The van der Waals surface area contributed by atoms with Gasteiger partial charge in [0.2, 0.25) is 5.91 Å². The molecule has 180 valence electrons. The van der Waals surface area contributed by atoms with E-state index < -0.39 is 5.54 Å². The van der Waals surface area contributed by atoms with E-state index in [1.165, 1.54) is 4.90 Å². The van der Waals surface area contributed by atoms with Gasteiger partial charge in [-0.15, -0.1) is 0 Å². The molecule has 2 heterocycles. The van der Waals surface area contributed by atoms with Crippen molar-refractivity contribution in [2.24, 2.45) is 4.99 Å². The minimum Gasteiger partial charge on any atom is -0.350 e. The van der Waals surface area contributed by atoms with E-state index in [1.807, 2.05) is 63.2 Å². The highest BCUT2D eigenvalue weighted by Gasteiger charge is 2.48. The molecule has 0 aliphatic carbocycles. The van der Waals surface area contributed by atoms with E-state index in [0.717, 1.165) is 22.3 Å². The molecule has 0 saturated heterocycles. The molecular formula is C28H30N4O3. The lowest BCUT2D eigenvalue weighted by molar-refractivity contribution is -0.133. The first-order valence-corrected chi connectivity index (χ1v) is 11.7. The number of carbonyl (C=O) groups is 3. The van der Waals surface area contributed by atoms with Gasteiger partial charge < -0.3 is 15.1 Å². The van der Waals surface area contributed by atoms with Gasteiger partial charge in [-0.25, -0.2) is 0 Å². The molecule has 0 fully saturated rings. The monoisotopic (exact) mass is 470 g/mol. The molecule has 1 atom stereocenters. The Labute approximate surface area is 205 Å². The lowest BCUT2D eigenvalue weighted by Crippen LogP contribution is -2.62. The largest absolute Gasteiger partial charge is 0.350 e. The number of fused-ring (bicyclic) bond motifs is 1. The molecule has 4 rings (SSSR count). The smallest absolute Gasteiger partial charge is 0.254 e. The molecule has 3 amide bonds. The second-order valence-electron chi connectivity index (χ2n) is 9.26. The van der Waals surface area contributed by atoms with Crippen molar-refractivity contribution in [3.63, 3.8) is 0 Å².